The Hall–Kier alpha value is -0.330. The zero-order valence-corrected chi connectivity index (χ0v) is 6.84. The molecule has 1 rings (SSSR count). The molecule has 0 heterocycles. The zero-order chi connectivity index (χ0) is 7.23. The summed E-state index contributed by atoms with van der Waals surface area (Å²) in [5.74, 6) is 0.814. The molecule has 1 fully saturated rings. The molecular formula is C9H17N. The number of aliphatic imine (C=N–C) groups is 1. The second-order valence-electron chi connectivity index (χ2n) is 3.05. The van der Waals surface area contributed by atoms with Crippen molar-refractivity contribution in [3.05, 3.63) is 0 Å². The van der Waals surface area contributed by atoms with Gasteiger partial charge in [-0.2, -0.15) is 0 Å². The Labute approximate surface area is 63.5 Å². The summed E-state index contributed by atoms with van der Waals surface area (Å²) in [6.45, 7) is 3.05. The van der Waals surface area contributed by atoms with Gasteiger partial charge in [-0.1, -0.05) is 19.3 Å². The Morgan fingerprint density at radius 1 is 1.30 bits per heavy atom. The highest BCUT2D eigenvalue weighted by molar-refractivity contribution is 5.60. The van der Waals surface area contributed by atoms with E-state index in [1.807, 2.05) is 0 Å². The molecule has 1 saturated carbocycles. The fourth-order valence-electron chi connectivity index (χ4n) is 1.54. The molecule has 1 aliphatic carbocycles. The lowest BCUT2D eigenvalue weighted by molar-refractivity contribution is 0.444. The molecule has 0 aromatic carbocycles. The van der Waals surface area contributed by atoms with Crippen LogP contribution in [0.5, 0.6) is 0 Å². The fourth-order valence-corrected chi connectivity index (χ4v) is 1.54. The molecule has 0 unspecified atom stereocenters. The van der Waals surface area contributed by atoms with E-state index >= 15 is 0 Å². The van der Waals surface area contributed by atoms with Gasteiger partial charge in [0.25, 0.3) is 0 Å². The van der Waals surface area contributed by atoms with E-state index in [0.717, 1.165) is 12.5 Å². The average Bonchev–Trinajstić information content (AvgIpc) is 2.03. The summed E-state index contributed by atoms with van der Waals surface area (Å²) in [6, 6.07) is 0. The highest BCUT2D eigenvalue weighted by Crippen LogP contribution is 2.21. The summed E-state index contributed by atoms with van der Waals surface area (Å²) in [6.07, 6.45) is 9.20. The van der Waals surface area contributed by atoms with Crippen molar-refractivity contribution in [1.29, 1.82) is 0 Å². The first kappa shape index (κ1) is 7.77. The maximum Gasteiger partial charge on any atom is 0.0357 e. The molecule has 0 aromatic heterocycles. The summed E-state index contributed by atoms with van der Waals surface area (Å²) in [7, 11) is 0. The standard InChI is InChI=1S/C9H17N/c1-2-10-8-9-6-4-3-5-7-9/h8-9H,2-7H2,1H3. The van der Waals surface area contributed by atoms with Gasteiger partial charge in [0, 0.05) is 12.8 Å². The van der Waals surface area contributed by atoms with Crippen molar-refractivity contribution in [3.8, 4) is 0 Å². The molecule has 1 nitrogen and oxygen atoms in total. The molecule has 10 heavy (non-hydrogen) atoms. The van der Waals surface area contributed by atoms with Crippen LogP contribution in [0.2, 0.25) is 0 Å². The van der Waals surface area contributed by atoms with Crippen molar-refractivity contribution in [1.82, 2.24) is 0 Å². The Morgan fingerprint density at radius 3 is 2.60 bits per heavy atom. The molecule has 0 spiro atoms. The largest absolute Gasteiger partial charge is 0.298 e. The Balaban J connectivity index is 2.19. The van der Waals surface area contributed by atoms with Crippen molar-refractivity contribution in [2.75, 3.05) is 6.54 Å². The van der Waals surface area contributed by atoms with Crippen molar-refractivity contribution in [2.45, 2.75) is 39.0 Å². The first-order valence-electron chi connectivity index (χ1n) is 4.43. The molecule has 58 valence electrons. The van der Waals surface area contributed by atoms with Gasteiger partial charge in [-0.25, -0.2) is 0 Å². The van der Waals surface area contributed by atoms with Gasteiger partial charge in [-0.15, -0.1) is 0 Å². The second-order valence-corrected chi connectivity index (χ2v) is 3.05. The van der Waals surface area contributed by atoms with Crippen molar-refractivity contribution in [3.63, 3.8) is 0 Å². The summed E-state index contributed by atoms with van der Waals surface area (Å²) in [4.78, 5) is 4.27. The lowest BCUT2D eigenvalue weighted by atomic mass is 9.90. The molecule has 0 radical (unpaired) electrons. The monoisotopic (exact) mass is 139 g/mol. The van der Waals surface area contributed by atoms with Crippen LogP contribution in [0.3, 0.4) is 0 Å². The van der Waals surface area contributed by atoms with Gasteiger partial charge in [0.05, 0.1) is 0 Å². The summed E-state index contributed by atoms with van der Waals surface area (Å²) in [5.41, 5.74) is 0. The quantitative estimate of drug-likeness (QED) is 0.521. The SMILES string of the molecule is CCN=CC1CCCCC1. The predicted octanol–water partition coefficient (Wildman–Crippen LogP) is 2.66. The minimum absolute atomic E-state index is 0.814. The van der Waals surface area contributed by atoms with Crippen molar-refractivity contribution in [2.24, 2.45) is 10.9 Å². The summed E-state index contributed by atoms with van der Waals surface area (Å²) < 4.78 is 0. The zero-order valence-electron chi connectivity index (χ0n) is 6.84. The van der Waals surface area contributed by atoms with Gasteiger partial charge in [-0.05, 0) is 25.7 Å². The van der Waals surface area contributed by atoms with Gasteiger partial charge in [0.2, 0.25) is 0 Å². The van der Waals surface area contributed by atoms with E-state index < -0.39 is 0 Å². The molecule has 0 atom stereocenters. The van der Waals surface area contributed by atoms with Gasteiger partial charge < -0.3 is 0 Å². The van der Waals surface area contributed by atoms with Crippen molar-refractivity contribution >= 4 is 6.21 Å². The number of hydrogen-bond donors (Lipinski definition) is 0. The van der Waals surface area contributed by atoms with Gasteiger partial charge in [0.1, 0.15) is 0 Å². The van der Waals surface area contributed by atoms with Crippen LogP contribution in [0.25, 0.3) is 0 Å². The first-order chi connectivity index (χ1) is 4.93. The molecule has 0 aliphatic heterocycles. The molecule has 1 heteroatoms. The number of hydrogen-bond acceptors (Lipinski definition) is 1. The Bertz CT molecular complexity index is 101. The minimum Gasteiger partial charge on any atom is -0.298 e. The van der Waals surface area contributed by atoms with E-state index in [0.29, 0.717) is 0 Å². The van der Waals surface area contributed by atoms with E-state index in [-0.39, 0.29) is 0 Å². The fraction of sp³-hybridized carbons (Fsp3) is 0.889. The molecule has 0 N–H and O–H groups in total. The Kier molecular flexibility index (Phi) is 3.48. The lowest BCUT2D eigenvalue weighted by Gasteiger charge is -2.16. The van der Waals surface area contributed by atoms with E-state index in [2.05, 4.69) is 18.1 Å². The van der Waals surface area contributed by atoms with Crippen LogP contribution in [0.4, 0.5) is 0 Å². The summed E-state index contributed by atoms with van der Waals surface area (Å²) >= 11 is 0. The highest BCUT2D eigenvalue weighted by Gasteiger charge is 2.09. The Morgan fingerprint density at radius 2 is 2.00 bits per heavy atom. The van der Waals surface area contributed by atoms with E-state index in [4.69, 9.17) is 0 Å². The normalized spacial score (nSPS) is 22.1. The summed E-state index contributed by atoms with van der Waals surface area (Å²) in [5, 5.41) is 0. The van der Waals surface area contributed by atoms with Crippen LogP contribution in [0.15, 0.2) is 4.99 Å². The number of rotatable bonds is 2. The van der Waals surface area contributed by atoms with Crippen LogP contribution in [0, 0.1) is 5.92 Å². The molecular weight excluding hydrogens is 122 g/mol. The molecule has 0 amide bonds. The van der Waals surface area contributed by atoms with E-state index in [1.54, 1.807) is 0 Å². The minimum atomic E-state index is 0.814. The molecule has 0 aromatic rings. The highest BCUT2D eigenvalue weighted by atomic mass is 14.7. The van der Waals surface area contributed by atoms with E-state index in [1.165, 1.54) is 32.1 Å². The number of nitrogens with zero attached hydrogens (tertiary/aromatic N) is 1. The van der Waals surface area contributed by atoms with Crippen LogP contribution < -0.4 is 0 Å². The topological polar surface area (TPSA) is 12.4 Å². The molecule has 1 aliphatic rings. The maximum atomic E-state index is 4.27. The maximum absolute atomic E-state index is 4.27. The second kappa shape index (κ2) is 4.48. The van der Waals surface area contributed by atoms with Crippen LogP contribution in [-0.2, 0) is 0 Å². The third kappa shape index (κ3) is 2.51. The van der Waals surface area contributed by atoms with Gasteiger partial charge in [-0.3, -0.25) is 4.99 Å². The molecule has 0 bridgehead atoms. The lowest BCUT2D eigenvalue weighted by Crippen LogP contribution is -2.07. The third-order valence-corrected chi connectivity index (χ3v) is 2.15. The van der Waals surface area contributed by atoms with Gasteiger partial charge in [0.15, 0.2) is 0 Å². The van der Waals surface area contributed by atoms with Crippen LogP contribution in [0.1, 0.15) is 39.0 Å². The van der Waals surface area contributed by atoms with Crippen LogP contribution >= 0.6 is 0 Å². The predicted molar refractivity (Wildman–Crippen MR) is 45.6 cm³/mol. The van der Waals surface area contributed by atoms with E-state index in [9.17, 15) is 0 Å². The molecule has 0 saturated heterocycles. The van der Waals surface area contributed by atoms with Crippen LogP contribution in [-0.4, -0.2) is 12.8 Å². The van der Waals surface area contributed by atoms with Crippen molar-refractivity contribution < 1.29 is 0 Å². The third-order valence-electron chi connectivity index (χ3n) is 2.15. The average molecular weight is 139 g/mol. The smallest absolute Gasteiger partial charge is 0.0357 e. The van der Waals surface area contributed by atoms with Gasteiger partial charge >= 0.3 is 0 Å². The first-order valence-corrected chi connectivity index (χ1v) is 4.43.